The predicted octanol–water partition coefficient (Wildman–Crippen LogP) is 0.678. The summed E-state index contributed by atoms with van der Waals surface area (Å²) in [6.07, 6.45) is 0.957. The minimum absolute atomic E-state index is 0.0113. The van der Waals surface area contributed by atoms with Gasteiger partial charge in [-0.15, -0.1) is 0 Å². The van der Waals surface area contributed by atoms with Crippen molar-refractivity contribution < 1.29 is 9.90 Å². The maximum absolute atomic E-state index is 12.4. The third-order valence-electron chi connectivity index (χ3n) is 4.26. The van der Waals surface area contributed by atoms with Gasteiger partial charge in [0.25, 0.3) is 0 Å². The lowest BCUT2D eigenvalue weighted by Gasteiger charge is -2.23. The molecule has 0 radical (unpaired) electrons. The standard InChI is InChI=1S/C14H24N4O2/c1-9-13(10(2)17(4)16-9)15-14(20)11(3)18-6-5-12(7-18)8-19/h11-12,19H,5-8H2,1-4H3,(H,15,20). The maximum Gasteiger partial charge on any atom is 0.241 e. The molecule has 0 aliphatic carbocycles. The summed E-state index contributed by atoms with van der Waals surface area (Å²) in [5.41, 5.74) is 2.60. The number of aromatic nitrogens is 2. The summed E-state index contributed by atoms with van der Waals surface area (Å²) in [5.74, 6) is 0.287. The summed E-state index contributed by atoms with van der Waals surface area (Å²) in [6, 6.07) is -0.189. The number of rotatable bonds is 4. The zero-order valence-electron chi connectivity index (χ0n) is 12.7. The molecule has 0 spiro atoms. The number of likely N-dealkylation sites (tertiary alicyclic amines) is 1. The average Bonchev–Trinajstić information content (AvgIpc) is 2.98. The molecule has 0 aromatic carbocycles. The summed E-state index contributed by atoms with van der Waals surface area (Å²) in [7, 11) is 1.87. The van der Waals surface area contributed by atoms with Crippen LogP contribution >= 0.6 is 0 Å². The van der Waals surface area contributed by atoms with Crippen molar-refractivity contribution >= 4 is 11.6 Å². The van der Waals surface area contributed by atoms with Crippen LogP contribution in [0.25, 0.3) is 0 Å². The van der Waals surface area contributed by atoms with E-state index in [2.05, 4.69) is 15.3 Å². The van der Waals surface area contributed by atoms with Crippen molar-refractivity contribution in [1.82, 2.24) is 14.7 Å². The molecule has 1 fully saturated rings. The number of hydrogen-bond donors (Lipinski definition) is 2. The van der Waals surface area contributed by atoms with Gasteiger partial charge in [-0.05, 0) is 39.7 Å². The summed E-state index contributed by atoms with van der Waals surface area (Å²) in [6.45, 7) is 7.60. The Hall–Kier alpha value is -1.40. The number of carbonyl (C=O) groups excluding carboxylic acids is 1. The number of nitrogens with zero attached hydrogens (tertiary/aromatic N) is 3. The molecule has 1 saturated heterocycles. The topological polar surface area (TPSA) is 70.4 Å². The first-order chi connectivity index (χ1) is 9.43. The van der Waals surface area contributed by atoms with E-state index in [0.29, 0.717) is 5.92 Å². The van der Waals surface area contributed by atoms with Gasteiger partial charge >= 0.3 is 0 Å². The summed E-state index contributed by atoms with van der Waals surface area (Å²) < 4.78 is 1.77. The number of aliphatic hydroxyl groups excluding tert-OH is 1. The highest BCUT2D eigenvalue weighted by atomic mass is 16.3. The predicted molar refractivity (Wildman–Crippen MR) is 77.5 cm³/mol. The van der Waals surface area contributed by atoms with Crippen LogP contribution in [0.1, 0.15) is 24.7 Å². The quantitative estimate of drug-likeness (QED) is 0.851. The number of aryl methyl sites for hydroxylation is 2. The molecule has 2 rings (SSSR count). The van der Waals surface area contributed by atoms with Crippen LogP contribution in [0, 0.1) is 19.8 Å². The molecule has 6 heteroatoms. The molecular weight excluding hydrogens is 256 g/mol. The molecule has 6 nitrogen and oxygen atoms in total. The van der Waals surface area contributed by atoms with Gasteiger partial charge in [0.1, 0.15) is 0 Å². The first kappa shape index (κ1) is 15.0. The smallest absolute Gasteiger partial charge is 0.241 e. The van der Waals surface area contributed by atoms with Crippen molar-refractivity contribution in [1.29, 1.82) is 0 Å². The Bertz CT molecular complexity index is 498. The number of nitrogens with one attached hydrogen (secondary N) is 1. The molecule has 0 saturated carbocycles. The second-order valence-electron chi connectivity index (χ2n) is 5.67. The monoisotopic (exact) mass is 280 g/mol. The number of carbonyl (C=O) groups is 1. The van der Waals surface area contributed by atoms with E-state index in [1.54, 1.807) is 4.68 Å². The Morgan fingerprint density at radius 2 is 2.25 bits per heavy atom. The second kappa shape index (κ2) is 5.93. The van der Waals surface area contributed by atoms with Crippen molar-refractivity contribution in [2.45, 2.75) is 33.2 Å². The van der Waals surface area contributed by atoms with Crippen LogP contribution in [0.4, 0.5) is 5.69 Å². The number of aliphatic hydroxyl groups is 1. The summed E-state index contributed by atoms with van der Waals surface area (Å²) >= 11 is 0. The molecule has 2 atom stereocenters. The number of hydrogen-bond acceptors (Lipinski definition) is 4. The van der Waals surface area contributed by atoms with E-state index in [1.165, 1.54) is 0 Å². The van der Waals surface area contributed by atoms with Crippen LogP contribution < -0.4 is 5.32 Å². The van der Waals surface area contributed by atoms with Gasteiger partial charge in [-0.1, -0.05) is 0 Å². The summed E-state index contributed by atoms with van der Waals surface area (Å²) in [5, 5.41) is 16.5. The molecule has 1 aliphatic heterocycles. The van der Waals surface area contributed by atoms with Crippen molar-refractivity contribution in [2.24, 2.45) is 13.0 Å². The number of anilines is 1. The molecule has 112 valence electrons. The molecule has 1 aliphatic rings. The second-order valence-corrected chi connectivity index (χ2v) is 5.67. The first-order valence-electron chi connectivity index (χ1n) is 7.10. The molecule has 0 bridgehead atoms. The molecule has 1 aromatic heterocycles. The van der Waals surface area contributed by atoms with Crippen LogP contribution in [0.5, 0.6) is 0 Å². The Kier molecular flexibility index (Phi) is 4.45. The van der Waals surface area contributed by atoms with Crippen molar-refractivity contribution in [3.05, 3.63) is 11.4 Å². The molecule has 20 heavy (non-hydrogen) atoms. The van der Waals surface area contributed by atoms with Gasteiger partial charge in [0.2, 0.25) is 5.91 Å². The van der Waals surface area contributed by atoms with E-state index >= 15 is 0 Å². The number of amides is 1. The van der Waals surface area contributed by atoms with Gasteiger partial charge in [-0.2, -0.15) is 5.10 Å². The molecular formula is C14H24N4O2. The zero-order valence-corrected chi connectivity index (χ0v) is 12.7. The molecule has 2 N–H and O–H groups in total. The highest BCUT2D eigenvalue weighted by molar-refractivity contribution is 5.95. The normalized spacial score (nSPS) is 21.1. The minimum Gasteiger partial charge on any atom is -0.396 e. The van der Waals surface area contributed by atoms with Gasteiger partial charge in [-0.3, -0.25) is 14.4 Å². The fraction of sp³-hybridized carbons (Fsp3) is 0.714. The Balaban J connectivity index is 2.01. The molecule has 1 aromatic rings. The van der Waals surface area contributed by atoms with E-state index in [-0.39, 0.29) is 18.6 Å². The lowest BCUT2D eigenvalue weighted by Crippen LogP contribution is -2.41. The molecule has 1 amide bonds. The fourth-order valence-electron chi connectivity index (χ4n) is 2.71. The summed E-state index contributed by atoms with van der Waals surface area (Å²) in [4.78, 5) is 14.5. The van der Waals surface area contributed by atoms with Crippen LogP contribution in [-0.4, -0.2) is 51.4 Å². The highest BCUT2D eigenvalue weighted by Gasteiger charge is 2.29. The van der Waals surface area contributed by atoms with E-state index in [0.717, 1.165) is 36.6 Å². The largest absolute Gasteiger partial charge is 0.396 e. The molecule has 2 heterocycles. The zero-order chi connectivity index (χ0) is 14.9. The van der Waals surface area contributed by atoms with Gasteiger partial charge in [0.15, 0.2) is 0 Å². The Labute approximate surface area is 119 Å². The van der Waals surface area contributed by atoms with Crippen LogP contribution in [-0.2, 0) is 11.8 Å². The van der Waals surface area contributed by atoms with Gasteiger partial charge in [-0.25, -0.2) is 0 Å². The van der Waals surface area contributed by atoms with Gasteiger partial charge < -0.3 is 10.4 Å². The van der Waals surface area contributed by atoms with E-state index in [9.17, 15) is 9.90 Å². The lowest BCUT2D eigenvalue weighted by molar-refractivity contribution is -0.120. The van der Waals surface area contributed by atoms with Crippen LogP contribution in [0.15, 0.2) is 0 Å². The Morgan fingerprint density at radius 1 is 1.55 bits per heavy atom. The SMILES string of the molecule is Cc1nn(C)c(C)c1NC(=O)C(C)N1CCC(CO)C1. The highest BCUT2D eigenvalue weighted by Crippen LogP contribution is 2.21. The fourth-order valence-corrected chi connectivity index (χ4v) is 2.71. The van der Waals surface area contributed by atoms with Crippen molar-refractivity contribution in [2.75, 3.05) is 25.0 Å². The van der Waals surface area contributed by atoms with Gasteiger partial charge in [0, 0.05) is 20.2 Å². The van der Waals surface area contributed by atoms with Crippen molar-refractivity contribution in [3.63, 3.8) is 0 Å². The van der Waals surface area contributed by atoms with Crippen LogP contribution in [0.3, 0.4) is 0 Å². The van der Waals surface area contributed by atoms with Crippen LogP contribution in [0.2, 0.25) is 0 Å². The average molecular weight is 280 g/mol. The lowest BCUT2D eigenvalue weighted by atomic mass is 10.1. The van der Waals surface area contributed by atoms with Gasteiger partial charge in [0.05, 0.1) is 23.1 Å². The van der Waals surface area contributed by atoms with E-state index < -0.39 is 0 Å². The third kappa shape index (κ3) is 2.86. The van der Waals surface area contributed by atoms with E-state index in [1.807, 2.05) is 27.8 Å². The first-order valence-corrected chi connectivity index (χ1v) is 7.10. The van der Waals surface area contributed by atoms with E-state index in [4.69, 9.17) is 0 Å². The Morgan fingerprint density at radius 3 is 2.75 bits per heavy atom. The molecule has 2 unspecified atom stereocenters. The minimum atomic E-state index is -0.189. The maximum atomic E-state index is 12.4. The van der Waals surface area contributed by atoms with Crippen molar-refractivity contribution in [3.8, 4) is 0 Å². The third-order valence-corrected chi connectivity index (χ3v) is 4.26.